The van der Waals surface area contributed by atoms with Crippen molar-refractivity contribution in [2.45, 2.75) is 25.7 Å². The van der Waals surface area contributed by atoms with Gasteiger partial charge in [0.2, 0.25) is 0 Å². The summed E-state index contributed by atoms with van der Waals surface area (Å²) >= 11 is 1.28. The first-order valence-electron chi connectivity index (χ1n) is 7.95. The minimum absolute atomic E-state index is 0.0741. The zero-order valence-corrected chi connectivity index (χ0v) is 14.2. The number of carbonyl (C=O) groups is 1. The van der Waals surface area contributed by atoms with Gasteiger partial charge >= 0.3 is 5.97 Å². The van der Waals surface area contributed by atoms with E-state index in [0.29, 0.717) is 29.0 Å². The Kier molecular flexibility index (Phi) is 5.47. The Hall–Kier alpha value is -2.22. The Morgan fingerprint density at radius 1 is 1.28 bits per heavy atom. The van der Waals surface area contributed by atoms with Crippen molar-refractivity contribution in [3.63, 3.8) is 0 Å². The van der Waals surface area contributed by atoms with E-state index in [1.165, 1.54) is 24.2 Å². The maximum atomic E-state index is 14.1. The highest BCUT2D eigenvalue weighted by Gasteiger charge is 2.22. The van der Waals surface area contributed by atoms with Crippen LogP contribution in [0, 0.1) is 17.6 Å². The number of carboxylic acid groups (broad SMARTS) is 1. The van der Waals surface area contributed by atoms with E-state index >= 15 is 0 Å². The first-order valence-corrected chi connectivity index (χ1v) is 8.83. The molecule has 0 atom stereocenters. The summed E-state index contributed by atoms with van der Waals surface area (Å²) in [4.78, 5) is 14.7. The molecule has 0 amide bonds. The number of benzene rings is 1. The van der Waals surface area contributed by atoms with E-state index < -0.39 is 23.4 Å². The normalized spacial score (nSPS) is 13.7. The number of hydrogen-bond acceptors (Lipinski definition) is 5. The van der Waals surface area contributed by atoms with Crippen LogP contribution >= 0.6 is 11.3 Å². The number of carboxylic acids is 1. The van der Waals surface area contributed by atoms with E-state index in [1.807, 2.05) is 0 Å². The van der Waals surface area contributed by atoms with Crippen molar-refractivity contribution in [2.24, 2.45) is 5.92 Å². The highest BCUT2D eigenvalue weighted by atomic mass is 32.1. The highest BCUT2D eigenvalue weighted by molar-refractivity contribution is 7.11. The minimum atomic E-state index is -0.983. The van der Waals surface area contributed by atoms with E-state index in [4.69, 9.17) is 14.6 Å². The van der Waals surface area contributed by atoms with Gasteiger partial charge in [-0.05, 0) is 37.3 Å². The smallest absolute Gasteiger partial charge is 0.303 e. The molecular weight excluding hydrogens is 352 g/mol. The molecule has 0 spiro atoms. The van der Waals surface area contributed by atoms with E-state index in [1.54, 1.807) is 5.38 Å². The topological polar surface area (TPSA) is 68.7 Å². The lowest BCUT2D eigenvalue weighted by Gasteiger charge is -2.09. The van der Waals surface area contributed by atoms with Crippen LogP contribution < -0.4 is 9.47 Å². The molecule has 0 radical (unpaired) electrons. The summed E-state index contributed by atoms with van der Waals surface area (Å²) < 4.78 is 38.8. The van der Waals surface area contributed by atoms with Crippen LogP contribution in [0.5, 0.6) is 10.9 Å². The van der Waals surface area contributed by atoms with Crippen LogP contribution in [-0.4, -0.2) is 29.3 Å². The molecule has 0 bridgehead atoms. The Bertz CT molecular complexity index is 738. The van der Waals surface area contributed by atoms with Crippen LogP contribution in [0.1, 0.15) is 25.7 Å². The Labute approximate surface area is 147 Å². The molecule has 5 nitrogen and oxygen atoms in total. The molecule has 1 N–H and O–H groups in total. The maximum absolute atomic E-state index is 14.1. The van der Waals surface area contributed by atoms with E-state index in [-0.39, 0.29) is 19.4 Å². The lowest BCUT2D eigenvalue weighted by atomic mass is 10.1. The average Bonchev–Trinajstić information content (AvgIpc) is 3.27. The molecule has 1 aliphatic rings. The SMILES string of the molecule is O=C(O)CCCOc1c(F)cc(-c2csc(OCC3CC3)n2)cc1F. The monoisotopic (exact) mass is 369 g/mol. The molecule has 1 aliphatic carbocycles. The van der Waals surface area contributed by atoms with Gasteiger partial charge < -0.3 is 14.6 Å². The Balaban J connectivity index is 1.65. The highest BCUT2D eigenvalue weighted by Crippen LogP contribution is 2.33. The van der Waals surface area contributed by atoms with Gasteiger partial charge in [0, 0.05) is 17.4 Å². The zero-order chi connectivity index (χ0) is 17.8. The summed E-state index contributed by atoms with van der Waals surface area (Å²) in [6.07, 6.45) is 2.39. The number of nitrogens with zero attached hydrogens (tertiary/aromatic N) is 1. The van der Waals surface area contributed by atoms with Crippen LogP contribution in [-0.2, 0) is 4.79 Å². The molecule has 1 saturated carbocycles. The van der Waals surface area contributed by atoms with Crippen LogP contribution in [0.25, 0.3) is 11.3 Å². The minimum Gasteiger partial charge on any atom is -0.488 e. The second kappa shape index (κ2) is 7.77. The molecular formula is C17H17F2NO4S. The number of rotatable bonds is 9. The summed E-state index contributed by atoms with van der Waals surface area (Å²) in [5.74, 6) is -2.59. The van der Waals surface area contributed by atoms with Crippen molar-refractivity contribution in [2.75, 3.05) is 13.2 Å². The number of halogens is 2. The largest absolute Gasteiger partial charge is 0.488 e. The number of ether oxygens (including phenoxy) is 2. The van der Waals surface area contributed by atoms with Gasteiger partial charge in [0.15, 0.2) is 17.4 Å². The summed E-state index contributed by atoms with van der Waals surface area (Å²) in [6.45, 7) is 0.550. The molecule has 25 heavy (non-hydrogen) atoms. The fraction of sp³-hybridized carbons (Fsp3) is 0.412. The third-order valence-corrected chi connectivity index (χ3v) is 4.45. The average molecular weight is 369 g/mol. The number of aromatic nitrogens is 1. The summed E-state index contributed by atoms with van der Waals surface area (Å²) in [5, 5.41) is 10.7. The van der Waals surface area contributed by atoms with Crippen LogP contribution in [0.2, 0.25) is 0 Å². The van der Waals surface area contributed by atoms with Gasteiger partial charge in [-0.2, -0.15) is 0 Å². The van der Waals surface area contributed by atoms with Gasteiger partial charge in [0.05, 0.1) is 18.9 Å². The first kappa shape index (κ1) is 17.6. The van der Waals surface area contributed by atoms with Crippen molar-refractivity contribution in [3.05, 3.63) is 29.1 Å². The van der Waals surface area contributed by atoms with Crippen molar-refractivity contribution in [1.29, 1.82) is 0 Å². The molecule has 8 heteroatoms. The van der Waals surface area contributed by atoms with Crippen molar-refractivity contribution < 1.29 is 28.2 Å². The first-order chi connectivity index (χ1) is 12.0. The molecule has 2 aromatic rings. The van der Waals surface area contributed by atoms with Gasteiger partial charge in [0.25, 0.3) is 5.19 Å². The molecule has 0 unspecified atom stereocenters. The van der Waals surface area contributed by atoms with E-state index in [2.05, 4.69) is 4.98 Å². The third kappa shape index (κ3) is 4.88. The summed E-state index contributed by atoms with van der Waals surface area (Å²) in [5.41, 5.74) is 0.733. The quantitative estimate of drug-likeness (QED) is 0.674. The summed E-state index contributed by atoms with van der Waals surface area (Å²) in [7, 11) is 0. The number of aliphatic carboxylic acids is 1. The lowest BCUT2D eigenvalue weighted by molar-refractivity contribution is -0.137. The predicted molar refractivity (Wildman–Crippen MR) is 88.0 cm³/mol. The van der Waals surface area contributed by atoms with Gasteiger partial charge in [-0.15, -0.1) is 0 Å². The molecule has 1 fully saturated rings. The predicted octanol–water partition coefficient (Wildman–Crippen LogP) is 4.12. The van der Waals surface area contributed by atoms with Crippen LogP contribution in [0.4, 0.5) is 8.78 Å². The molecule has 134 valence electrons. The van der Waals surface area contributed by atoms with E-state index in [9.17, 15) is 13.6 Å². The molecule has 0 aliphatic heterocycles. The Morgan fingerprint density at radius 3 is 2.64 bits per heavy atom. The van der Waals surface area contributed by atoms with Crippen molar-refractivity contribution in [3.8, 4) is 22.2 Å². The second-order valence-electron chi connectivity index (χ2n) is 5.87. The van der Waals surface area contributed by atoms with Crippen molar-refractivity contribution in [1.82, 2.24) is 4.98 Å². The van der Waals surface area contributed by atoms with E-state index in [0.717, 1.165) is 12.1 Å². The van der Waals surface area contributed by atoms with Gasteiger partial charge in [-0.25, -0.2) is 13.8 Å². The number of hydrogen-bond donors (Lipinski definition) is 1. The third-order valence-electron chi connectivity index (χ3n) is 3.70. The van der Waals surface area contributed by atoms with Gasteiger partial charge in [-0.3, -0.25) is 4.79 Å². The van der Waals surface area contributed by atoms with Gasteiger partial charge in [0.1, 0.15) is 0 Å². The standard InChI is InChI=1S/C17H17F2NO4S/c18-12-6-11(7-13(19)16(12)23-5-1-2-15(21)22)14-9-25-17(20-14)24-8-10-3-4-10/h6-7,9-10H,1-5,8H2,(H,21,22). The molecule has 1 aromatic carbocycles. The molecule has 1 heterocycles. The second-order valence-corrected chi connectivity index (χ2v) is 6.69. The van der Waals surface area contributed by atoms with Crippen LogP contribution in [0.3, 0.4) is 0 Å². The van der Waals surface area contributed by atoms with Crippen molar-refractivity contribution >= 4 is 17.3 Å². The summed E-state index contributed by atoms with van der Waals surface area (Å²) in [6, 6.07) is 2.30. The fourth-order valence-corrected chi connectivity index (χ4v) is 2.86. The number of thiazole rings is 1. The molecule has 1 aromatic heterocycles. The maximum Gasteiger partial charge on any atom is 0.303 e. The Morgan fingerprint density at radius 2 is 2.00 bits per heavy atom. The van der Waals surface area contributed by atoms with Crippen LogP contribution in [0.15, 0.2) is 17.5 Å². The molecule has 3 rings (SSSR count). The molecule has 0 saturated heterocycles. The fourth-order valence-electron chi connectivity index (χ4n) is 2.17. The lowest BCUT2D eigenvalue weighted by Crippen LogP contribution is -2.05. The zero-order valence-electron chi connectivity index (χ0n) is 13.3. The van der Waals surface area contributed by atoms with Gasteiger partial charge in [-0.1, -0.05) is 11.3 Å².